The van der Waals surface area contributed by atoms with E-state index in [-0.39, 0.29) is 11.6 Å². The van der Waals surface area contributed by atoms with Crippen molar-refractivity contribution >= 4 is 17.0 Å². The van der Waals surface area contributed by atoms with Crippen LogP contribution < -0.4 is 4.90 Å². The molecule has 1 aromatic heterocycles. The molecule has 98 valence electrons. The number of halogens is 1. The Bertz CT molecular complexity index is 587. The van der Waals surface area contributed by atoms with Crippen LogP contribution >= 0.6 is 11.3 Å². The fourth-order valence-corrected chi connectivity index (χ4v) is 2.72. The normalized spacial score (nSPS) is 11.9. The monoisotopic (exact) mass is 274 g/mol. The molecule has 2 rings (SSSR count). The van der Waals surface area contributed by atoms with E-state index < -0.39 is 5.82 Å². The van der Waals surface area contributed by atoms with Crippen LogP contribution in [0.1, 0.15) is 18.1 Å². The third-order valence-electron chi connectivity index (χ3n) is 3.26. The van der Waals surface area contributed by atoms with Gasteiger partial charge in [0.15, 0.2) is 0 Å². The molecule has 0 N–H and O–H groups in total. The summed E-state index contributed by atoms with van der Waals surface area (Å²) in [4.78, 5) is 1.96. The minimum Gasteiger partial charge on any atom is -0.370 e. The first-order valence-electron chi connectivity index (χ1n) is 6.06. The summed E-state index contributed by atoms with van der Waals surface area (Å²) in [7, 11) is 1.90. The van der Waals surface area contributed by atoms with Gasteiger partial charge in [-0.1, -0.05) is 6.07 Å². The fourth-order valence-electron chi connectivity index (χ4n) is 2.04. The van der Waals surface area contributed by atoms with Crippen LogP contribution in [0.2, 0.25) is 0 Å². The molecule has 0 fully saturated rings. The summed E-state index contributed by atoms with van der Waals surface area (Å²) in [5.41, 5.74) is 2.02. The first kappa shape index (κ1) is 13.6. The summed E-state index contributed by atoms with van der Waals surface area (Å²) in [5, 5.41) is 13.2. The molecule has 2 aromatic rings. The van der Waals surface area contributed by atoms with Crippen molar-refractivity contribution in [1.29, 1.82) is 5.26 Å². The van der Waals surface area contributed by atoms with Gasteiger partial charge in [-0.15, -0.1) is 0 Å². The van der Waals surface area contributed by atoms with Crippen LogP contribution in [-0.2, 0) is 6.42 Å². The van der Waals surface area contributed by atoms with Gasteiger partial charge in [0.05, 0.1) is 5.69 Å². The molecule has 2 nitrogen and oxygen atoms in total. The summed E-state index contributed by atoms with van der Waals surface area (Å²) in [6.07, 6.45) is 0.876. The van der Waals surface area contributed by atoms with Gasteiger partial charge in [0.1, 0.15) is 17.4 Å². The average molecular weight is 274 g/mol. The molecule has 0 bridgehead atoms. The highest BCUT2D eigenvalue weighted by molar-refractivity contribution is 7.07. The highest BCUT2D eigenvalue weighted by Crippen LogP contribution is 2.24. The van der Waals surface area contributed by atoms with Crippen LogP contribution in [0.25, 0.3) is 0 Å². The van der Waals surface area contributed by atoms with Gasteiger partial charge in [-0.05, 0) is 47.9 Å². The van der Waals surface area contributed by atoms with E-state index in [4.69, 9.17) is 5.26 Å². The van der Waals surface area contributed by atoms with Crippen LogP contribution in [0, 0.1) is 17.1 Å². The molecule has 1 atom stereocenters. The minimum atomic E-state index is -0.463. The van der Waals surface area contributed by atoms with E-state index >= 15 is 0 Å². The quantitative estimate of drug-likeness (QED) is 0.847. The Balaban J connectivity index is 2.22. The van der Waals surface area contributed by atoms with Crippen molar-refractivity contribution < 1.29 is 4.39 Å². The molecule has 1 aromatic carbocycles. The Morgan fingerprint density at radius 1 is 1.42 bits per heavy atom. The molecule has 0 aliphatic rings. The largest absolute Gasteiger partial charge is 0.370 e. The lowest BCUT2D eigenvalue weighted by atomic mass is 10.1. The molecule has 0 aliphatic heterocycles. The molecular formula is C15H15FN2S. The van der Waals surface area contributed by atoms with Crippen molar-refractivity contribution in [2.45, 2.75) is 19.4 Å². The standard InChI is InChI=1S/C15H15FN2S/c1-11(8-12-6-7-19-10-12)18(2)15-5-3-4-14(16)13(15)9-17/h3-7,10-11H,8H2,1-2H3. The Morgan fingerprint density at radius 3 is 2.84 bits per heavy atom. The van der Waals surface area contributed by atoms with Gasteiger partial charge < -0.3 is 4.90 Å². The van der Waals surface area contributed by atoms with Crippen molar-refractivity contribution in [2.24, 2.45) is 0 Å². The summed E-state index contributed by atoms with van der Waals surface area (Å²) >= 11 is 1.67. The maximum Gasteiger partial charge on any atom is 0.143 e. The number of thiophene rings is 1. The predicted octanol–water partition coefficient (Wildman–Crippen LogP) is 3.83. The second-order valence-electron chi connectivity index (χ2n) is 4.54. The maximum absolute atomic E-state index is 13.6. The number of rotatable bonds is 4. The number of likely N-dealkylation sites (N-methyl/N-ethyl adjacent to an activating group) is 1. The van der Waals surface area contributed by atoms with Gasteiger partial charge in [-0.25, -0.2) is 4.39 Å². The Morgan fingerprint density at radius 2 is 2.21 bits per heavy atom. The van der Waals surface area contributed by atoms with Crippen molar-refractivity contribution in [3.05, 3.63) is 52.0 Å². The molecule has 0 radical (unpaired) electrons. The summed E-state index contributed by atoms with van der Waals surface area (Å²) in [5.74, 6) is -0.463. The molecule has 0 saturated carbocycles. The summed E-state index contributed by atoms with van der Waals surface area (Å²) in [6.45, 7) is 2.07. The molecule has 0 amide bonds. The number of hydrogen-bond acceptors (Lipinski definition) is 3. The number of hydrogen-bond donors (Lipinski definition) is 0. The zero-order chi connectivity index (χ0) is 13.8. The summed E-state index contributed by atoms with van der Waals surface area (Å²) < 4.78 is 13.6. The summed E-state index contributed by atoms with van der Waals surface area (Å²) in [6, 6.07) is 8.97. The van der Waals surface area contributed by atoms with Gasteiger partial charge in [-0.3, -0.25) is 0 Å². The molecule has 4 heteroatoms. The average Bonchev–Trinajstić information content (AvgIpc) is 2.90. The van der Waals surface area contributed by atoms with E-state index in [1.54, 1.807) is 23.5 Å². The molecule has 1 unspecified atom stereocenters. The lowest BCUT2D eigenvalue weighted by molar-refractivity contribution is 0.619. The van der Waals surface area contributed by atoms with Crippen LogP contribution in [0.5, 0.6) is 0 Å². The van der Waals surface area contributed by atoms with Crippen molar-refractivity contribution in [3.8, 4) is 6.07 Å². The Labute approximate surface area is 116 Å². The predicted molar refractivity (Wildman–Crippen MR) is 77.0 cm³/mol. The minimum absolute atomic E-state index is 0.113. The van der Waals surface area contributed by atoms with Crippen LogP contribution in [0.4, 0.5) is 10.1 Å². The van der Waals surface area contributed by atoms with Gasteiger partial charge in [0, 0.05) is 13.1 Å². The number of benzene rings is 1. The van der Waals surface area contributed by atoms with Crippen LogP contribution in [-0.4, -0.2) is 13.1 Å². The van der Waals surface area contributed by atoms with Gasteiger partial charge in [-0.2, -0.15) is 16.6 Å². The van der Waals surface area contributed by atoms with Crippen molar-refractivity contribution in [1.82, 2.24) is 0 Å². The lowest BCUT2D eigenvalue weighted by Gasteiger charge is -2.27. The molecular weight excluding hydrogens is 259 g/mol. The second-order valence-corrected chi connectivity index (χ2v) is 5.32. The highest BCUT2D eigenvalue weighted by atomic mass is 32.1. The van der Waals surface area contributed by atoms with E-state index in [2.05, 4.69) is 18.4 Å². The van der Waals surface area contributed by atoms with Crippen LogP contribution in [0.3, 0.4) is 0 Å². The third-order valence-corrected chi connectivity index (χ3v) is 3.99. The van der Waals surface area contributed by atoms with E-state index in [0.29, 0.717) is 5.69 Å². The lowest BCUT2D eigenvalue weighted by Crippen LogP contribution is -2.31. The SMILES string of the molecule is CC(Cc1ccsc1)N(C)c1cccc(F)c1C#N. The van der Waals surface area contributed by atoms with Gasteiger partial charge >= 0.3 is 0 Å². The molecule has 1 heterocycles. The van der Waals surface area contributed by atoms with Gasteiger partial charge in [0.2, 0.25) is 0 Å². The number of nitriles is 1. The first-order chi connectivity index (χ1) is 9.13. The highest BCUT2D eigenvalue weighted by Gasteiger charge is 2.16. The van der Waals surface area contributed by atoms with E-state index in [1.165, 1.54) is 11.6 Å². The van der Waals surface area contributed by atoms with Crippen LogP contribution in [0.15, 0.2) is 35.0 Å². The zero-order valence-electron chi connectivity index (χ0n) is 10.9. The topological polar surface area (TPSA) is 27.0 Å². The second kappa shape index (κ2) is 5.85. The molecule has 0 saturated heterocycles. The molecule has 19 heavy (non-hydrogen) atoms. The number of nitrogens with zero attached hydrogens (tertiary/aromatic N) is 2. The van der Waals surface area contributed by atoms with Crippen molar-refractivity contribution in [3.63, 3.8) is 0 Å². The Kier molecular flexibility index (Phi) is 4.18. The first-order valence-corrected chi connectivity index (χ1v) is 7.00. The zero-order valence-corrected chi connectivity index (χ0v) is 11.7. The van der Waals surface area contributed by atoms with E-state index in [9.17, 15) is 4.39 Å². The van der Waals surface area contributed by atoms with E-state index in [1.807, 2.05) is 23.4 Å². The van der Waals surface area contributed by atoms with E-state index in [0.717, 1.165) is 6.42 Å². The fraction of sp³-hybridized carbons (Fsp3) is 0.267. The number of anilines is 1. The van der Waals surface area contributed by atoms with Crippen molar-refractivity contribution in [2.75, 3.05) is 11.9 Å². The third kappa shape index (κ3) is 2.94. The molecule has 0 aliphatic carbocycles. The van der Waals surface area contributed by atoms with Gasteiger partial charge in [0.25, 0.3) is 0 Å². The molecule has 0 spiro atoms. The Hall–Kier alpha value is -1.86. The maximum atomic E-state index is 13.6. The smallest absolute Gasteiger partial charge is 0.143 e.